The van der Waals surface area contributed by atoms with E-state index in [4.69, 9.17) is 0 Å². The van der Waals surface area contributed by atoms with Gasteiger partial charge in [0.1, 0.15) is 0 Å². The number of rotatable bonds is 7. The van der Waals surface area contributed by atoms with E-state index >= 15 is 0 Å². The van der Waals surface area contributed by atoms with E-state index in [1.54, 1.807) is 6.92 Å². The monoisotopic (exact) mass is 388 g/mol. The van der Waals surface area contributed by atoms with Gasteiger partial charge < -0.3 is 5.11 Å². The molecule has 6 nitrogen and oxygen atoms in total. The van der Waals surface area contributed by atoms with Crippen LogP contribution in [0.4, 0.5) is 0 Å². The maximum absolute atomic E-state index is 12.7. The van der Waals surface area contributed by atoms with Crippen molar-refractivity contribution in [3.05, 3.63) is 65.2 Å². The van der Waals surface area contributed by atoms with Gasteiger partial charge in [-0.1, -0.05) is 36.4 Å². The third kappa shape index (κ3) is 4.55. The molecule has 0 aromatic heterocycles. The fourth-order valence-corrected chi connectivity index (χ4v) is 4.52. The van der Waals surface area contributed by atoms with Crippen molar-refractivity contribution >= 4 is 16.0 Å². The lowest BCUT2D eigenvalue weighted by Crippen LogP contribution is -2.36. The second-order valence-electron chi connectivity index (χ2n) is 6.80. The number of nitrogens with one attached hydrogen (secondary N) is 1. The third-order valence-corrected chi connectivity index (χ3v) is 6.40. The first kappa shape index (κ1) is 19.5. The van der Waals surface area contributed by atoms with Crippen LogP contribution in [0.2, 0.25) is 0 Å². The van der Waals surface area contributed by atoms with Gasteiger partial charge in [-0.2, -0.15) is 0 Å². The van der Waals surface area contributed by atoms with E-state index in [-0.39, 0.29) is 23.0 Å². The molecular weight excluding hydrogens is 364 g/mol. The highest BCUT2D eigenvalue weighted by Gasteiger charge is 2.26. The highest BCUT2D eigenvalue weighted by molar-refractivity contribution is 7.89. The zero-order chi connectivity index (χ0) is 19.4. The van der Waals surface area contributed by atoms with Crippen LogP contribution in [-0.2, 0) is 10.0 Å². The molecule has 2 N–H and O–H groups in total. The summed E-state index contributed by atoms with van der Waals surface area (Å²) in [5.41, 5.74) is 1.59. The number of aryl methyl sites for hydroxylation is 1. The highest BCUT2D eigenvalue weighted by Crippen LogP contribution is 2.25. The molecular formula is C20H24N2O4S. The lowest BCUT2D eigenvalue weighted by Gasteiger charge is -2.28. The molecule has 7 heteroatoms. The third-order valence-electron chi connectivity index (χ3n) is 4.98. The minimum absolute atomic E-state index is 0.00275. The lowest BCUT2D eigenvalue weighted by atomic mass is 10.1. The molecule has 2 aromatic rings. The molecule has 27 heavy (non-hydrogen) atoms. The number of carboxylic acids is 1. The maximum Gasteiger partial charge on any atom is 0.335 e. The molecule has 1 heterocycles. The molecule has 3 rings (SSSR count). The van der Waals surface area contributed by atoms with E-state index in [1.165, 1.54) is 18.2 Å². The molecule has 144 valence electrons. The van der Waals surface area contributed by atoms with Gasteiger partial charge in [-0.25, -0.2) is 17.9 Å². The van der Waals surface area contributed by atoms with Gasteiger partial charge in [0.25, 0.3) is 0 Å². The van der Waals surface area contributed by atoms with Gasteiger partial charge in [0, 0.05) is 12.6 Å². The molecule has 0 amide bonds. The normalized spacial score (nSPS) is 16.3. The number of likely N-dealkylation sites (tertiary alicyclic amines) is 1. The number of carbonyl (C=O) groups is 1. The Kier molecular flexibility index (Phi) is 5.94. The van der Waals surface area contributed by atoms with Gasteiger partial charge in [-0.3, -0.25) is 4.90 Å². The fraction of sp³-hybridized carbons (Fsp3) is 0.350. The molecule has 0 bridgehead atoms. The molecule has 2 aromatic carbocycles. The standard InChI is InChI=1S/C20H24N2O4S/c1-15-9-10-17(13-18(15)20(23)24)27(25,26)21-14-19(22-11-5-6-12-22)16-7-3-2-4-8-16/h2-4,7-10,13,19,21H,5-6,11-12,14H2,1H3,(H,23,24). The summed E-state index contributed by atoms with van der Waals surface area (Å²) in [5.74, 6) is -1.14. The van der Waals surface area contributed by atoms with Gasteiger partial charge in [0.05, 0.1) is 10.5 Å². The zero-order valence-electron chi connectivity index (χ0n) is 15.3. The number of benzene rings is 2. The highest BCUT2D eigenvalue weighted by atomic mass is 32.2. The molecule has 1 unspecified atom stereocenters. The molecule has 0 radical (unpaired) electrons. The molecule has 1 atom stereocenters. The fourth-order valence-electron chi connectivity index (χ4n) is 3.46. The number of carboxylic acid groups (broad SMARTS) is 1. The van der Waals surface area contributed by atoms with Crippen molar-refractivity contribution in [1.82, 2.24) is 9.62 Å². The summed E-state index contributed by atoms with van der Waals surface area (Å²) in [4.78, 5) is 13.6. The maximum atomic E-state index is 12.7. The van der Waals surface area contributed by atoms with Crippen LogP contribution in [0.25, 0.3) is 0 Å². The first-order valence-electron chi connectivity index (χ1n) is 9.01. The van der Waals surface area contributed by atoms with Crippen LogP contribution in [0.5, 0.6) is 0 Å². The Morgan fingerprint density at radius 1 is 1.15 bits per heavy atom. The van der Waals surface area contributed by atoms with Crippen LogP contribution in [0.3, 0.4) is 0 Å². The van der Waals surface area contributed by atoms with Gasteiger partial charge in [-0.15, -0.1) is 0 Å². The zero-order valence-corrected chi connectivity index (χ0v) is 16.1. The minimum atomic E-state index is -3.81. The summed E-state index contributed by atoms with van der Waals surface area (Å²) in [5, 5.41) is 9.24. The van der Waals surface area contributed by atoms with E-state index in [0.717, 1.165) is 31.5 Å². The Morgan fingerprint density at radius 3 is 2.44 bits per heavy atom. The topological polar surface area (TPSA) is 86.7 Å². The number of aromatic carboxylic acids is 1. The molecule has 0 spiro atoms. The Bertz CT molecular complexity index is 907. The van der Waals surface area contributed by atoms with Crippen molar-refractivity contribution in [2.24, 2.45) is 0 Å². The van der Waals surface area contributed by atoms with Gasteiger partial charge in [0.15, 0.2) is 0 Å². The second kappa shape index (κ2) is 8.21. The van der Waals surface area contributed by atoms with Gasteiger partial charge in [-0.05, 0) is 56.1 Å². The van der Waals surface area contributed by atoms with Crippen molar-refractivity contribution in [3.8, 4) is 0 Å². The number of hydrogen-bond acceptors (Lipinski definition) is 4. The van der Waals surface area contributed by atoms with Crippen molar-refractivity contribution in [3.63, 3.8) is 0 Å². The SMILES string of the molecule is Cc1ccc(S(=O)(=O)NCC(c2ccccc2)N2CCCC2)cc1C(=O)O. The van der Waals surface area contributed by atoms with Crippen LogP contribution >= 0.6 is 0 Å². The Labute approximate surface area is 159 Å². The molecule has 0 aliphatic carbocycles. The summed E-state index contributed by atoms with van der Waals surface area (Å²) in [7, 11) is -3.81. The summed E-state index contributed by atoms with van der Waals surface area (Å²) in [6.07, 6.45) is 2.21. The average Bonchev–Trinajstić information content (AvgIpc) is 3.17. The van der Waals surface area contributed by atoms with Crippen molar-refractivity contribution < 1.29 is 18.3 Å². The van der Waals surface area contributed by atoms with Crippen molar-refractivity contribution in [2.45, 2.75) is 30.7 Å². The Hall–Kier alpha value is -2.22. The van der Waals surface area contributed by atoms with Crippen molar-refractivity contribution in [2.75, 3.05) is 19.6 Å². The molecule has 0 saturated carbocycles. The summed E-state index contributed by atoms with van der Waals surface area (Å²) in [6.45, 7) is 3.76. The first-order valence-corrected chi connectivity index (χ1v) is 10.5. The first-order chi connectivity index (χ1) is 12.9. The van der Waals surface area contributed by atoms with Gasteiger partial charge in [0.2, 0.25) is 10.0 Å². The van der Waals surface area contributed by atoms with Crippen molar-refractivity contribution in [1.29, 1.82) is 0 Å². The van der Waals surface area contributed by atoms with E-state index in [0.29, 0.717) is 5.56 Å². The smallest absolute Gasteiger partial charge is 0.335 e. The Morgan fingerprint density at radius 2 is 1.81 bits per heavy atom. The predicted molar refractivity (Wildman–Crippen MR) is 103 cm³/mol. The largest absolute Gasteiger partial charge is 0.478 e. The average molecular weight is 388 g/mol. The van der Waals surface area contributed by atoms with Crippen LogP contribution in [0, 0.1) is 6.92 Å². The van der Waals surface area contributed by atoms with E-state index in [9.17, 15) is 18.3 Å². The summed E-state index contributed by atoms with van der Waals surface area (Å²) in [6, 6.07) is 14.0. The van der Waals surface area contributed by atoms with E-state index in [2.05, 4.69) is 9.62 Å². The van der Waals surface area contributed by atoms with E-state index in [1.807, 2.05) is 30.3 Å². The molecule has 1 aliphatic heterocycles. The van der Waals surface area contributed by atoms with Crippen LogP contribution in [-0.4, -0.2) is 44.0 Å². The molecule has 1 saturated heterocycles. The molecule has 1 aliphatic rings. The summed E-state index contributed by atoms with van der Waals surface area (Å²) >= 11 is 0. The number of sulfonamides is 1. The lowest BCUT2D eigenvalue weighted by molar-refractivity contribution is 0.0696. The van der Waals surface area contributed by atoms with E-state index < -0.39 is 16.0 Å². The van der Waals surface area contributed by atoms with Crippen LogP contribution < -0.4 is 4.72 Å². The van der Waals surface area contributed by atoms with Gasteiger partial charge >= 0.3 is 5.97 Å². The van der Waals surface area contributed by atoms with Crippen LogP contribution in [0.15, 0.2) is 53.4 Å². The second-order valence-corrected chi connectivity index (χ2v) is 8.57. The summed E-state index contributed by atoms with van der Waals surface area (Å²) < 4.78 is 28.2. The van der Waals surface area contributed by atoms with Crippen LogP contribution in [0.1, 0.15) is 40.4 Å². The quantitative estimate of drug-likeness (QED) is 0.762. The number of hydrogen-bond donors (Lipinski definition) is 2. The Balaban J connectivity index is 1.82. The predicted octanol–water partition coefficient (Wildman–Crippen LogP) is 2.81. The number of nitrogens with zero attached hydrogens (tertiary/aromatic N) is 1. The minimum Gasteiger partial charge on any atom is -0.478 e. The molecule has 1 fully saturated rings.